The monoisotopic (exact) mass is 337 g/mol. The van der Waals surface area contributed by atoms with Crippen LogP contribution >= 0.6 is 27.3 Å². The Morgan fingerprint density at radius 3 is 2.95 bits per heavy atom. The molecule has 0 radical (unpaired) electrons. The van der Waals surface area contributed by atoms with Crippen LogP contribution in [-0.4, -0.2) is 9.97 Å². The summed E-state index contributed by atoms with van der Waals surface area (Å²) in [6.45, 7) is 0.640. The molecule has 0 spiro atoms. The van der Waals surface area contributed by atoms with Crippen molar-refractivity contribution in [3.05, 3.63) is 51.1 Å². The summed E-state index contributed by atoms with van der Waals surface area (Å²) in [7, 11) is 0. The van der Waals surface area contributed by atoms with E-state index in [2.05, 4.69) is 31.2 Å². The molecule has 0 bridgehead atoms. The fourth-order valence-corrected chi connectivity index (χ4v) is 3.24. The van der Waals surface area contributed by atoms with Crippen LogP contribution in [0, 0.1) is 5.82 Å². The van der Waals surface area contributed by atoms with Gasteiger partial charge in [0, 0.05) is 14.7 Å². The molecular weight excluding hydrogens is 329 g/mol. The molecule has 0 saturated carbocycles. The Hall–Kier alpha value is -1.53. The van der Waals surface area contributed by atoms with Gasteiger partial charge < -0.3 is 5.32 Å². The number of para-hydroxylation sites is 1. The molecule has 0 unspecified atom stereocenters. The van der Waals surface area contributed by atoms with E-state index in [1.165, 1.54) is 17.3 Å². The zero-order valence-corrected chi connectivity index (χ0v) is 12.1. The van der Waals surface area contributed by atoms with Crippen molar-refractivity contribution in [1.29, 1.82) is 0 Å². The van der Waals surface area contributed by atoms with Gasteiger partial charge in [0.05, 0.1) is 6.54 Å². The van der Waals surface area contributed by atoms with Crippen LogP contribution in [0.5, 0.6) is 0 Å². The Balaban J connectivity index is 1.93. The van der Waals surface area contributed by atoms with Gasteiger partial charge in [-0.25, -0.2) is 14.4 Å². The highest BCUT2D eigenvalue weighted by Gasteiger charge is 2.08. The normalized spacial score (nSPS) is 10.8. The number of benzene rings is 1. The highest BCUT2D eigenvalue weighted by Crippen LogP contribution is 2.25. The molecule has 0 aliphatic rings. The number of thiophene rings is 1. The summed E-state index contributed by atoms with van der Waals surface area (Å²) in [5.74, 6) is 0.310. The molecule has 3 rings (SSSR count). The van der Waals surface area contributed by atoms with Crippen LogP contribution in [0.2, 0.25) is 0 Å². The van der Waals surface area contributed by atoms with E-state index in [4.69, 9.17) is 0 Å². The third-order valence-electron chi connectivity index (χ3n) is 2.72. The summed E-state index contributed by atoms with van der Waals surface area (Å²) >= 11 is 5.13. The van der Waals surface area contributed by atoms with E-state index < -0.39 is 0 Å². The third kappa shape index (κ3) is 2.46. The van der Waals surface area contributed by atoms with Crippen LogP contribution in [0.4, 0.5) is 10.2 Å². The van der Waals surface area contributed by atoms with Crippen molar-refractivity contribution < 1.29 is 4.39 Å². The second-order valence-corrected chi connectivity index (χ2v) is 5.76. The van der Waals surface area contributed by atoms with Crippen molar-refractivity contribution >= 4 is 44.0 Å². The van der Waals surface area contributed by atoms with Crippen LogP contribution in [0.25, 0.3) is 10.9 Å². The van der Waals surface area contributed by atoms with Crippen molar-refractivity contribution in [2.24, 2.45) is 0 Å². The zero-order chi connectivity index (χ0) is 13.2. The predicted molar refractivity (Wildman–Crippen MR) is 78.8 cm³/mol. The molecule has 0 aliphatic carbocycles. The Kier molecular flexibility index (Phi) is 3.44. The molecule has 2 heterocycles. The van der Waals surface area contributed by atoms with Gasteiger partial charge >= 0.3 is 0 Å². The second-order valence-electron chi connectivity index (χ2n) is 3.90. The van der Waals surface area contributed by atoms with Gasteiger partial charge in [-0.2, -0.15) is 0 Å². The molecule has 0 aliphatic heterocycles. The third-order valence-corrected chi connectivity index (χ3v) is 4.65. The van der Waals surface area contributed by atoms with Gasteiger partial charge in [0.1, 0.15) is 23.5 Å². The molecule has 96 valence electrons. The number of fused-ring (bicyclic) bond motifs is 1. The Morgan fingerprint density at radius 1 is 1.26 bits per heavy atom. The van der Waals surface area contributed by atoms with Crippen LogP contribution in [0.15, 0.2) is 40.4 Å². The molecule has 0 amide bonds. The molecule has 0 fully saturated rings. The summed E-state index contributed by atoms with van der Waals surface area (Å²) in [5, 5.41) is 5.92. The number of rotatable bonds is 3. The molecule has 19 heavy (non-hydrogen) atoms. The maximum Gasteiger partial charge on any atom is 0.149 e. The number of nitrogens with zero attached hydrogens (tertiary/aromatic N) is 2. The van der Waals surface area contributed by atoms with Crippen LogP contribution in [0.3, 0.4) is 0 Å². The second kappa shape index (κ2) is 5.22. The Bertz CT molecular complexity index is 729. The first-order chi connectivity index (χ1) is 9.25. The lowest BCUT2D eigenvalue weighted by molar-refractivity contribution is 0.636. The maximum absolute atomic E-state index is 13.6. The minimum absolute atomic E-state index is 0.333. The first kappa shape index (κ1) is 12.5. The van der Waals surface area contributed by atoms with Gasteiger partial charge in [-0.1, -0.05) is 6.07 Å². The van der Waals surface area contributed by atoms with E-state index in [0.29, 0.717) is 23.3 Å². The molecule has 2 aromatic heterocycles. The molecular formula is C13H9BrFN3S. The first-order valence-electron chi connectivity index (χ1n) is 5.60. The van der Waals surface area contributed by atoms with Crippen LogP contribution < -0.4 is 5.32 Å². The maximum atomic E-state index is 13.6. The van der Waals surface area contributed by atoms with Crippen molar-refractivity contribution in [3.63, 3.8) is 0 Å². The quantitative estimate of drug-likeness (QED) is 0.778. The van der Waals surface area contributed by atoms with E-state index in [1.54, 1.807) is 17.4 Å². The van der Waals surface area contributed by atoms with Crippen molar-refractivity contribution in [1.82, 2.24) is 9.97 Å². The van der Waals surface area contributed by atoms with Crippen molar-refractivity contribution in [2.45, 2.75) is 6.54 Å². The standard InChI is InChI=1S/C13H9BrFN3S/c14-9-4-5-19-11(9)6-16-13-8-2-1-3-10(15)12(8)17-7-18-13/h1-5,7H,6H2,(H,16,17,18). The van der Waals surface area contributed by atoms with E-state index in [-0.39, 0.29) is 5.82 Å². The highest BCUT2D eigenvalue weighted by atomic mass is 79.9. The minimum atomic E-state index is -0.333. The average molecular weight is 338 g/mol. The van der Waals surface area contributed by atoms with Crippen LogP contribution in [-0.2, 0) is 6.54 Å². The first-order valence-corrected chi connectivity index (χ1v) is 7.28. The number of aromatic nitrogens is 2. The van der Waals surface area contributed by atoms with Crippen molar-refractivity contribution in [2.75, 3.05) is 5.32 Å². The largest absolute Gasteiger partial charge is 0.365 e. The lowest BCUT2D eigenvalue weighted by atomic mass is 10.2. The van der Waals surface area contributed by atoms with Crippen molar-refractivity contribution in [3.8, 4) is 0 Å². The fraction of sp³-hybridized carbons (Fsp3) is 0.0769. The molecule has 0 saturated heterocycles. The predicted octanol–water partition coefficient (Wildman–Crippen LogP) is 4.21. The summed E-state index contributed by atoms with van der Waals surface area (Å²) in [4.78, 5) is 9.32. The molecule has 3 nitrogen and oxygen atoms in total. The molecule has 0 atom stereocenters. The molecule has 3 aromatic rings. The Labute approximate surface area is 121 Å². The lowest BCUT2D eigenvalue weighted by Crippen LogP contribution is -2.02. The fourth-order valence-electron chi connectivity index (χ4n) is 1.81. The summed E-state index contributed by atoms with van der Waals surface area (Å²) in [6, 6.07) is 6.87. The average Bonchev–Trinajstić information content (AvgIpc) is 2.82. The minimum Gasteiger partial charge on any atom is -0.365 e. The number of hydrogen-bond acceptors (Lipinski definition) is 4. The van der Waals surface area contributed by atoms with Gasteiger partial charge in [0.25, 0.3) is 0 Å². The summed E-state index contributed by atoms with van der Waals surface area (Å²) in [6.07, 6.45) is 1.37. The lowest BCUT2D eigenvalue weighted by Gasteiger charge is -2.07. The topological polar surface area (TPSA) is 37.8 Å². The van der Waals surface area contributed by atoms with Gasteiger partial charge in [-0.15, -0.1) is 11.3 Å². The number of hydrogen-bond donors (Lipinski definition) is 1. The number of halogens is 2. The highest BCUT2D eigenvalue weighted by molar-refractivity contribution is 9.10. The smallest absolute Gasteiger partial charge is 0.149 e. The SMILES string of the molecule is Fc1cccc2c(NCc3sccc3Br)ncnc12. The summed E-state index contributed by atoms with van der Waals surface area (Å²) in [5.41, 5.74) is 0.338. The summed E-state index contributed by atoms with van der Waals surface area (Å²) < 4.78 is 14.7. The number of nitrogens with one attached hydrogen (secondary N) is 1. The van der Waals surface area contributed by atoms with Gasteiger partial charge in [0.2, 0.25) is 0 Å². The molecule has 6 heteroatoms. The van der Waals surface area contributed by atoms with E-state index in [9.17, 15) is 4.39 Å². The zero-order valence-electron chi connectivity index (χ0n) is 9.73. The molecule has 1 aromatic carbocycles. The van der Waals surface area contributed by atoms with Gasteiger partial charge in [0.15, 0.2) is 0 Å². The number of anilines is 1. The molecule has 1 N–H and O–H groups in total. The van der Waals surface area contributed by atoms with E-state index >= 15 is 0 Å². The van der Waals surface area contributed by atoms with Gasteiger partial charge in [-0.05, 0) is 39.5 Å². The Morgan fingerprint density at radius 2 is 2.16 bits per heavy atom. The van der Waals surface area contributed by atoms with E-state index in [1.807, 2.05) is 17.5 Å². The van der Waals surface area contributed by atoms with E-state index in [0.717, 1.165) is 4.47 Å². The van der Waals surface area contributed by atoms with Gasteiger partial charge in [-0.3, -0.25) is 0 Å². The van der Waals surface area contributed by atoms with Crippen LogP contribution in [0.1, 0.15) is 4.88 Å².